The first-order valence-corrected chi connectivity index (χ1v) is 12.0. The van der Waals surface area contributed by atoms with Gasteiger partial charge in [0.25, 0.3) is 11.8 Å². The van der Waals surface area contributed by atoms with Crippen molar-refractivity contribution in [1.82, 2.24) is 4.90 Å². The van der Waals surface area contributed by atoms with Crippen molar-refractivity contribution in [3.63, 3.8) is 0 Å². The Hall–Kier alpha value is -4.17. The molecule has 0 spiro atoms. The van der Waals surface area contributed by atoms with Gasteiger partial charge in [0.2, 0.25) is 5.91 Å². The van der Waals surface area contributed by atoms with Gasteiger partial charge in [-0.1, -0.05) is 24.3 Å². The smallest absolute Gasteiger partial charge is 0.258 e. The Morgan fingerprint density at radius 2 is 1.58 bits per heavy atom. The van der Waals surface area contributed by atoms with Crippen LogP contribution in [0, 0.1) is 0 Å². The molecule has 0 aromatic heterocycles. The summed E-state index contributed by atoms with van der Waals surface area (Å²) in [6.07, 6.45) is 0. The molecule has 0 aliphatic carbocycles. The molecule has 0 atom stereocenters. The van der Waals surface area contributed by atoms with Crippen LogP contribution in [0.25, 0.3) is 0 Å². The highest BCUT2D eigenvalue weighted by Crippen LogP contribution is 2.19. The van der Waals surface area contributed by atoms with Crippen LogP contribution in [0.5, 0.6) is 0 Å². The van der Waals surface area contributed by atoms with Crippen LogP contribution in [0.4, 0.5) is 17.1 Å². The summed E-state index contributed by atoms with van der Waals surface area (Å²) in [7, 11) is 0. The molecule has 1 aliphatic rings. The Morgan fingerprint density at radius 1 is 0.861 bits per heavy atom. The standard InChI is InChI=1S/C28H30N4O4/c1-2-32(25-9-4-3-5-10-25)28(35)22-7-6-8-24(19-22)29-20-26(33)30-23-13-11-21(12-14-23)27(34)31-15-17-36-18-16-31/h3-14,19,29H,2,15-18,20H2,1H3,(H,30,33). The van der Waals surface area contributed by atoms with Crippen LogP contribution < -0.4 is 15.5 Å². The Bertz CT molecular complexity index is 1190. The summed E-state index contributed by atoms with van der Waals surface area (Å²) in [6.45, 7) is 4.77. The van der Waals surface area contributed by atoms with Crippen LogP contribution >= 0.6 is 0 Å². The van der Waals surface area contributed by atoms with Gasteiger partial charge < -0.3 is 25.2 Å². The number of hydrogen-bond donors (Lipinski definition) is 2. The molecule has 3 aromatic carbocycles. The number of ether oxygens (including phenoxy) is 1. The van der Waals surface area contributed by atoms with Gasteiger partial charge in [-0.3, -0.25) is 14.4 Å². The number of amides is 3. The van der Waals surface area contributed by atoms with E-state index in [1.807, 2.05) is 43.3 Å². The van der Waals surface area contributed by atoms with Crippen LogP contribution in [0.15, 0.2) is 78.9 Å². The minimum Gasteiger partial charge on any atom is -0.378 e. The van der Waals surface area contributed by atoms with E-state index in [4.69, 9.17) is 4.74 Å². The number of morpholine rings is 1. The highest BCUT2D eigenvalue weighted by Gasteiger charge is 2.19. The Morgan fingerprint density at radius 3 is 2.28 bits per heavy atom. The quantitative estimate of drug-likeness (QED) is 0.504. The lowest BCUT2D eigenvalue weighted by molar-refractivity contribution is -0.114. The van der Waals surface area contributed by atoms with E-state index in [0.717, 1.165) is 5.69 Å². The first-order chi connectivity index (χ1) is 17.5. The number of hydrogen-bond acceptors (Lipinski definition) is 5. The summed E-state index contributed by atoms with van der Waals surface area (Å²) in [4.78, 5) is 41.6. The third-order valence-electron chi connectivity index (χ3n) is 5.91. The number of benzene rings is 3. The Balaban J connectivity index is 1.32. The van der Waals surface area contributed by atoms with E-state index < -0.39 is 0 Å². The third-order valence-corrected chi connectivity index (χ3v) is 5.91. The summed E-state index contributed by atoms with van der Waals surface area (Å²) in [5.74, 6) is -0.386. The van der Waals surface area contributed by atoms with Crippen molar-refractivity contribution in [1.29, 1.82) is 0 Å². The van der Waals surface area contributed by atoms with Gasteiger partial charge >= 0.3 is 0 Å². The van der Waals surface area contributed by atoms with Crippen molar-refractivity contribution < 1.29 is 19.1 Å². The van der Waals surface area contributed by atoms with E-state index in [1.165, 1.54) is 0 Å². The van der Waals surface area contributed by atoms with Crippen LogP contribution in [-0.4, -0.2) is 62.0 Å². The Labute approximate surface area is 210 Å². The molecule has 1 aliphatic heterocycles. The van der Waals surface area contributed by atoms with Gasteiger partial charge in [0.15, 0.2) is 0 Å². The SMILES string of the molecule is CCN(C(=O)c1cccc(NCC(=O)Nc2ccc(C(=O)N3CCOCC3)cc2)c1)c1ccccc1. The molecule has 0 saturated carbocycles. The maximum Gasteiger partial charge on any atom is 0.258 e. The number of nitrogens with one attached hydrogen (secondary N) is 2. The van der Waals surface area contributed by atoms with Gasteiger partial charge in [-0.05, 0) is 61.5 Å². The molecule has 1 fully saturated rings. The lowest BCUT2D eigenvalue weighted by Crippen LogP contribution is -2.40. The predicted octanol–water partition coefficient (Wildman–Crippen LogP) is 3.88. The first kappa shape index (κ1) is 24.9. The fourth-order valence-electron chi connectivity index (χ4n) is 4.00. The van der Waals surface area contributed by atoms with Crippen molar-refractivity contribution in [2.45, 2.75) is 6.92 Å². The van der Waals surface area contributed by atoms with Gasteiger partial charge in [0.05, 0.1) is 19.8 Å². The van der Waals surface area contributed by atoms with Gasteiger partial charge in [0, 0.05) is 47.8 Å². The molecular weight excluding hydrogens is 456 g/mol. The monoisotopic (exact) mass is 486 g/mol. The zero-order valence-corrected chi connectivity index (χ0v) is 20.3. The van der Waals surface area contributed by atoms with E-state index in [2.05, 4.69) is 10.6 Å². The van der Waals surface area contributed by atoms with Crippen molar-refractivity contribution in [2.24, 2.45) is 0 Å². The fraction of sp³-hybridized carbons (Fsp3) is 0.250. The summed E-state index contributed by atoms with van der Waals surface area (Å²) in [5, 5.41) is 5.90. The van der Waals surface area contributed by atoms with Crippen molar-refractivity contribution >= 4 is 34.8 Å². The lowest BCUT2D eigenvalue weighted by Gasteiger charge is -2.26. The largest absolute Gasteiger partial charge is 0.378 e. The predicted molar refractivity (Wildman–Crippen MR) is 141 cm³/mol. The van der Waals surface area contributed by atoms with Crippen LogP contribution in [-0.2, 0) is 9.53 Å². The van der Waals surface area contributed by atoms with Crippen LogP contribution in [0.1, 0.15) is 27.6 Å². The van der Waals surface area contributed by atoms with Crippen molar-refractivity contribution in [3.05, 3.63) is 90.0 Å². The molecule has 8 nitrogen and oxygen atoms in total. The molecular formula is C28H30N4O4. The normalized spacial score (nSPS) is 13.1. The molecule has 36 heavy (non-hydrogen) atoms. The molecule has 0 radical (unpaired) electrons. The van der Waals surface area contributed by atoms with Gasteiger partial charge in [-0.25, -0.2) is 0 Å². The molecule has 1 saturated heterocycles. The second-order valence-electron chi connectivity index (χ2n) is 8.35. The maximum absolute atomic E-state index is 13.1. The summed E-state index contributed by atoms with van der Waals surface area (Å²) in [5.41, 5.74) is 3.22. The van der Waals surface area contributed by atoms with E-state index >= 15 is 0 Å². The van der Waals surface area contributed by atoms with Gasteiger partial charge in [-0.15, -0.1) is 0 Å². The average molecular weight is 487 g/mol. The zero-order valence-electron chi connectivity index (χ0n) is 20.3. The van der Waals surface area contributed by atoms with Gasteiger partial charge in [0.1, 0.15) is 0 Å². The van der Waals surface area contributed by atoms with Crippen LogP contribution in [0.3, 0.4) is 0 Å². The van der Waals surface area contributed by atoms with E-state index in [0.29, 0.717) is 55.3 Å². The minimum atomic E-state index is -0.238. The number of carbonyl (C=O) groups is 3. The number of rotatable bonds is 8. The zero-order chi connectivity index (χ0) is 25.3. The van der Waals surface area contributed by atoms with E-state index in [-0.39, 0.29) is 24.3 Å². The molecule has 8 heteroatoms. The Kier molecular flexibility index (Phi) is 8.31. The van der Waals surface area contributed by atoms with Crippen molar-refractivity contribution in [3.8, 4) is 0 Å². The molecule has 0 unspecified atom stereocenters. The third kappa shape index (κ3) is 6.28. The molecule has 0 bridgehead atoms. The number of para-hydroxylation sites is 1. The topological polar surface area (TPSA) is 91.0 Å². The maximum atomic E-state index is 13.1. The van der Waals surface area contributed by atoms with E-state index in [9.17, 15) is 14.4 Å². The van der Waals surface area contributed by atoms with Crippen LogP contribution in [0.2, 0.25) is 0 Å². The second kappa shape index (κ2) is 12.0. The summed E-state index contributed by atoms with van der Waals surface area (Å²) < 4.78 is 5.29. The molecule has 2 N–H and O–H groups in total. The number of nitrogens with zero attached hydrogens (tertiary/aromatic N) is 2. The molecule has 186 valence electrons. The first-order valence-electron chi connectivity index (χ1n) is 12.0. The van der Waals surface area contributed by atoms with E-state index in [1.54, 1.807) is 52.3 Å². The molecule has 1 heterocycles. The molecule has 3 amide bonds. The lowest BCUT2D eigenvalue weighted by atomic mass is 10.1. The highest BCUT2D eigenvalue weighted by molar-refractivity contribution is 6.06. The summed E-state index contributed by atoms with van der Waals surface area (Å²) >= 11 is 0. The molecule has 4 rings (SSSR count). The second-order valence-corrected chi connectivity index (χ2v) is 8.35. The van der Waals surface area contributed by atoms with Crippen molar-refractivity contribution in [2.75, 3.05) is 54.9 Å². The highest BCUT2D eigenvalue weighted by atomic mass is 16.5. The minimum absolute atomic E-state index is 0.0300. The fourth-order valence-corrected chi connectivity index (χ4v) is 4.00. The van der Waals surface area contributed by atoms with Gasteiger partial charge in [-0.2, -0.15) is 0 Å². The molecule has 3 aromatic rings. The summed E-state index contributed by atoms with van der Waals surface area (Å²) in [6, 6.07) is 23.5. The number of carbonyl (C=O) groups excluding carboxylic acids is 3. The number of anilines is 3. The average Bonchev–Trinajstić information content (AvgIpc) is 2.93.